The molecular formula is C26H38N6O. The van der Waals surface area contributed by atoms with E-state index in [2.05, 4.69) is 76.6 Å². The normalized spacial score (nSPS) is 11.6. The first-order chi connectivity index (χ1) is 16.0. The van der Waals surface area contributed by atoms with Gasteiger partial charge in [0.1, 0.15) is 5.82 Å². The summed E-state index contributed by atoms with van der Waals surface area (Å²) in [6.07, 6.45) is 1.70. The predicted molar refractivity (Wildman–Crippen MR) is 137 cm³/mol. The summed E-state index contributed by atoms with van der Waals surface area (Å²) in [5.74, 6) is 0.574. The highest BCUT2D eigenvalue weighted by Gasteiger charge is 2.17. The molecule has 3 aromatic rings. The number of imidazole rings is 1. The number of hydrogen-bond donors (Lipinski definition) is 0. The Labute approximate surface area is 198 Å². The van der Waals surface area contributed by atoms with Crippen molar-refractivity contribution in [3.63, 3.8) is 0 Å². The summed E-state index contributed by atoms with van der Waals surface area (Å²) in [6.45, 7) is 18.7. The molecule has 178 valence electrons. The molecule has 0 saturated heterocycles. The van der Waals surface area contributed by atoms with E-state index in [1.165, 1.54) is 5.69 Å². The molecule has 7 nitrogen and oxygen atoms in total. The number of aromatic nitrogens is 3. The van der Waals surface area contributed by atoms with Crippen LogP contribution in [-0.2, 0) is 0 Å². The lowest BCUT2D eigenvalue weighted by Gasteiger charge is -2.30. The maximum atomic E-state index is 12.4. The van der Waals surface area contributed by atoms with Crippen LogP contribution in [0.15, 0.2) is 42.6 Å². The van der Waals surface area contributed by atoms with Crippen molar-refractivity contribution in [2.24, 2.45) is 0 Å². The Balaban J connectivity index is 1.87. The first-order valence-electron chi connectivity index (χ1n) is 12.2. The molecule has 2 heterocycles. The molecule has 0 radical (unpaired) electrons. The van der Waals surface area contributed by atoms with Gasteiger partial charge in [-0.25, -0.2) is 9.97 Å². The van der Waals surface area contributed by atoms with E-state index in [-0.39, 0.29) is 5.91 Å². The number of fused-ring (bicyclic) bond motifs is 1. The van der Waals surface area contributed by atoms with E-state index >= 15 is 0 Å². The highest BCUT2D eigenvalue weighted by molar-refractivity contribution is 5.92. The van der Waals surface area contributed by atoms with Crippen molar-refractivity contribution in [3.05, 3.63) is 42.6 Å². The zero-order chi connectivity index (χ0) is 23.8. The lowest BCUT2D eigenvalue weighted by atomic mass is 10.1. The number of hydrogen-bond acceptors (Lipinski definition) is 6. The molecule has 0 aliphatic heterocycles. The van der Waals surface area contributed by atoms with Gasteiger partial charge in [0.2, 0.25) is 5.91 Å². The van der Waals surface area contributed by atoms with Gasteiger partial charge in [0.05, 0.1) is 5.52 Å². The van der Waals surface area contributed by atoms with Crippen molar-refractivity contribution in [3.8, 4) is 11.4 Å². The SMILES string of the molecule is CCN(CC)CCN(CCN(CC)CC)c1ccc(-c2nc3ncccc3n2C(C)=O)cc1. The third-order valence-corrected chi connectivity index (χ3v) is 6.40. The Hall–Kier alpha value is -2.77. The maximum absolute atomic E-state index is 12.4. The first kappa shape index (κ1) is 24.9. The molecule has 0 unspecified atom stereocenters. The molecule has 3 rings (SSSR count). The van der Waals surface area contributed by atoms with Gasteiger partial charge in [-0.05, 0) is 62.6 Å². The number of pyridine rings is 1. The Kier molecular flexibility index (Phi) is 8.97. The zero-order valence-corrected chi connectivity index (χ0v) is 20.8. The number of carbonyl (C=O) groups excluding carboxylic acids is 1. The molecule has 0 fully saturated rings. The number of nitrogens with zero attached hydrogens (tertiary/aromatic N) is 6. The molecule has 1 aromatic carbocycles. The van der Waals surface area contributed by atoms with E-state index in [9.17, 15) is 4.79 Å². The third-order valence-electron chi connectivity index (χ3n) is 6.40. The second-order valence-electron chi connectivity index (χ2n) is 8.22. The summed E-state index contributed by atoms with van der Waals surface area (Å²) >= 11 is 0. The quantitative estimate of drug-likeness (QED) is 0.411. The van der Waals surface area contributed by atoms with Crippen LogP contribution in [0.4, 0.5) is 5.69 Å². The summed E-state index contributed by atoms with van der Waals surface area (Å²) < 4.78 is 1.65. The molecule has 0 bridgehead atoms. The van der Waals surface area contributed by atoms with Gasteiger partial charge >= 0.3 is 0 Å². The smallest absolute Gasteiger partial charge is 0.229 e. The first-order valence-corrected chi connectivity index (χ1v) is 12.2. The van der Waals surface area contributed by atoms with Crippen LogP contribution in [0, 0.1) is 0 Å². The molecule has 7 heteroatoms. The van der Waals surface area contributed by atoms with E-state index in [4.69, 9.17) is 0 Å². The molecule has 0 aliphatic rings. The fourth-order valence-corrected chi connectivity index (χ4v) is 4.22. The van der Waals surface area contributed by atoms with Gasteiger partial charge in [-0.3, -0.25) is 9.36 Å². The van der Waals surface area contributed by atoms with E-state index in [0.29, 0.717) is 11.5 Å². The topological polar surface area (TPSA) is 57.5 Å². The number of anilines is 1. The highest BCUT2D eigenvalue weighted by atomic mass is 16.1. The molecule has 0 amide bonds. The van der Waals surface area contributed by atoms with Crippen LogP contribution in [0.1, 0.15) is 39.4 Å². The Bertz CT molecular complexity index is 1000. The lowest BCUT2D eigenvalue weighted by molar-refractivity contribution is 0.0943. The molecule has 2 aromatic heterocycles. The van der Waals surface area contributed by atoms with Crippen LogP contribution in [0.5, 0.6) is 0 Å². The van der Waals surface area contributed by atoms with Crippen LogP contribution < -0.4 is 4.90 Å². The van der Waals surface area contributed by atoms with Crippen LogP contribution in [0.25, 0.3) is 22.6 Å². The molecule has 0 saturated carbocycles. The minimum atomic E-state index is -0.0651. The number of likely N-dealkylation sites (N-methyl/N-ethyl adjacent to an activating group) is 2. The van der Waals surface area contributed by atoms with Gasteiger partial charge < -0.3 is 14.7 Å². The van der Waals surface area contributed by atoms with Crippen molar-refractivity contribution < 1.29 is 4.79 Å². The summed E-state index contributed by atoms with van der Waals surface area (Å²) in [5.41, 5.74) is 3.44. The maximum Gasteiger partial charge on any atom is 0.229 e. The molecule has 33 heavy (non-hydrogen) atoms. The van der Waals surface area contributed by atoms with Crippen LogP contribution >= 0.6 is 0 Å². The number of benzene rings is 1. The standard InChI is InChI=1S/C26H38N6O/c1-6-29(7-2)17-19-31(20-18-30(8-3)9-4)23-14-12-22(13-15-23)26-28-25-24(11-10-16-27-25)32(26)21(5)33/h10-16H,6-9,17-20H2,1-5H3. The van der Waals surface area contributed by atoms with Gasteiger partial charge in [0.15, 0.2) is 5.65 Å². The Morgan fingerprint density at radius 1 is 0.848 bits per heavy atom. The van der Waals surface area contributed by atoms with E-state index in [0.717, 1.165) is 63.4 Å². The highest BCUT2D eigenvalue weighted by Crippen LogP contribution is 2.26. The molecule has 0 spiro atoms. The predicted octanol–water partition coefficient (Wildman–Crippen LogP) is 4.25. The third kappa shape index (κ3) is 5.97. The van der Waals surface area contributed by atoms with Crippen molar-refractivity contribution >= 4 is 22.8 Å². The minimum Gasteiger partial charge on any atom is -0.369 e. The van der Waals surface area contributed by atoms with E-state index < -0.39 is 0 Å². The van der Waals surface area contributed by atoms with Crippen molar-refractivity contribution in [1.82, 2.24) is 24.3 Å². The monoisotopic (exact) mass is 450 g/mol. The molecule has 0 atom stereocenters. The largest absolute Gasteiger partial charge is 0.369 e. The van der Waals surface area contributed by atoms with Gasteiger partial charge in [0, 0.05) is 50.6 Å². The van der Waals surface area contributed by atoms with Crippen LogP contribution in [0.3, 0.4) is 0 Å². The zero-order valence-electron chi connectivity index (χ0n) is 20.8. The molecular weight excluding hydrogens is 412 g/mol. The summed E-state index contributed by atoms with van der Waals surface area (Å²) in [7, 11) is 0. The van der Waals surface area contributed by atoms with Crippen molar-refractivity contribution in [2.45, 2.75) is 34.6 Å². The fourth-order valence-electron chi connectivity index (χ4n) is 4.22. The second-order valence-corrected chi connectivity index (χ2v) is 8.22. The average molecular weight is 451 g/mol. The van der Waals surface area contributed by atoms with Crippen molar-refractivity contribution in [2.75, 3.05) is 57.3 Å². The molecule has 0 N–H and O–H groups in total. The van der Waals surface area contributed by atoms with Crippen molar-refractivity contribution in [1.29, 1.82) is 0 Å². The van der Waals surface area contributed by atoms with Crippen LogP contribution in [0.2, 0.25) is 0 Å². The van der Waals surface area contributed by atoms with Gasteiger partial charge in [-0.2, -0.15) is 0 Å². The van der Waals surface area contributed by atoms with Gasteiger partial charge in [0.25, 0.3) is 0 Å². The summed E-state index contributed by atoms with van der Waals surface area (Å²) in [4.78, 5) is 28.7. The summed E-state index contributed by atoms with van der Waals surface area (Å²) in [6, 6.07) is 12.2. The number of rotatable bonds is 12. The van der Waals surface area contributed by atoms with Crippen LogP contribution in [-0.4, -0.2) is 82.6 Å². The van der Waals surface area contributed by atoms with Gasteiger partial charge in [-0.1, -0.05) is 27.7 Å². The lowest BCUT2D eigenvalue weighted by Crippen LogP contribution is -2.39. The van der Waals surface area contributed by atoms with E-state index in [1.807, 2.05) is 12.1 Å². The number of carbonyl (C=O) groups is 1. The fraction of sp³-hybridized carbons (Fsp3) is 0.500. The van der Waals surface area contributed by atoms with E-state index in [1.54, 1.807) is 17.7 Å². The average Bonchev–Trinajstić information content (AvgIpc) is 3.24. The Morgan fingerprint density at radius 2 is 1.42 bits per heavy atom. The molecule has 0 aliphatic carbocycles. The summed E-state index contributed by atoms with van der Waals surface area (Å²) in [5, 5.41) is 0. The minimum absolute atomic E-state index is 0.0651. The van der Waals surface area contributed by atoms with Gasteiger partial charge in [-0.15, -0.1) is 0 Å². The Morgan fingerprint density at radius 3 is 1.94 bits per heavy atom. The second kappa shape index (κ2) is 11.9.